The molecule has 420 valence electrons. The van der Waals surface area contributed by atoms with Crippen LogP contribution in [0.4, 0.5) is 0 Å². The van der Waals surface area contributed by atoms with Gasteiger partial charge in [0, 0.05) is 50.4 Å². The number of rotatable bonds is 51. The molecule has 0 spiro atoms. The van der Waals surface area contributed by atoms with Crippen molar-refractivity contribution in [2.24, 2.45) is 17.3 Å². The fraction of sp³-hybridized carbons (Fsp3) is 0.877. The smallest absolute Gasteiger partial charge is 0.310 e. The van der Waals surface area contributed by atoms with Gasteiger partial charge in [0.2, 0.25) is 0 Å². The average Bonchev–Trinajstić information content (AvgIpc) is 3.33. The molecule has 0 aromatic heterocycles. The number of carboxylic acid groups (broad SMARTS) is 2. The zero-order chi connectivity index (χ0) is 53.7. The average molecular weight is 1030 g/mol. The quantitative estimate of drug-likeness (QED) is 0.0330. The van der Waals surface area contributed by atoms with Crippen LogP contribution in [-0.2, 0) is 57.2 Å². The van der Waals surface area contributed by atoms with Gasteiger partial charge in [-0.15, -0.1) is 0 Å². The molecule has 15 heteroatoms. The summed E-state index contributed by atoms with van der Waals surface area (Å²) in [6.45, 7) is 7.21. The Bertz CT molecular complexity index is 1300. The summed E-state index contributed by atoms with van der Waals surface area (Å²) < 4.78 is 29.6. The first-order chi connectivity index (χ1) is 34.7. The molecule has 1 atom stereocenters. The third-order valence-electron chi connectivity index (χ3n) is 13.7. The maximum absolute atomic E-state index is 14.5. The van der Waals surface area contributed by atoms with Gasteiger partial charge in [-0.3, -0.25) is 33.6 Å². The van der Waals surface area contributed by atoms with Gasteiger partial charge in [0.05, 0.1) is 31.8 Å². The number of carbonyl (C=O) groups is 7. The van der Waals surface area contributed by atoms with Gasteiger partial charge in [-0.2, -0.15) is 0 Å². The second-order valence-corrected chi connectivity index (χ2v) is 20.4. The number of unbranched alkanes of at least 4 members (excludes halogenated alkanes) is 20. The van der Waals surface area contributed by atoms with E-state index in [2.05, 4.69) is 27.7 Å². The molecule has 0 saturated carbocycles. The predicted molar refractivity (Wildman–Crippen MR) is 281 cm³/mol. The van der Waals surface area contributed by atoms with Crippen LogP contribution in [0.1, 0.15) is 252 Å². The molecule has 0 aliphatic carbocycles. The lowest BCUT2D eigenvalue weighted by molar-refractivity contribution is -0.181. The number of hydrogen-bond acceptors (Lipinski definition) is 13. The first-order valence-corrected chi connectivity index (χ1v) is 28.6. The SMILES string of the molecule is CCCCCCCCC(=O)OCC(COC(=O)CCCCCCCC)C(CCC(CCCC(=O)O)OC(=O)CCCN(C)C)(C(=O)O)C(COC(=O)CCCCCCCC)COC(=O)CCCCCCCC. The Morgan fingerprint density at radius 2 is 0.722 bits per heavy atom. The Hall–Kier alpha value is -3.75. The Kier molecular flexibility index (Phi) is 43.4. The largest absolute Gasteiger partial charge is 0.481 e. The van der Waals surface area contributed by atoms with Crippen molar-refractivity contribution in [2.75, 3.05) is 47.1 Å². The van der Waals surface area contributed by atoms with Crippen molar-refractivity contribution >= 4 is 41.8 Å². The molecule has 2 N–H and O–H groups in total. The summed E-state index contributed by atoms with van der Waals surface area (Å²) >= 11 is 0. The first kappa shape index (κ1) is 68.2. The van der Waals surface area contributed by atoms with Gasteiger partial charge in [-0.05, 0) is 78.4 Å². The molecule has 0 radical (unpaired) electrons. The minimum absolute atomic E-state index is 0.0785. The zero-order valence-corrected chi connectivity index (χ0v) is 46.3. The van der Waals surface area contributed by atoms with Crippen molar-refractivity contribution in [3.8, 4) is 0 Å². The van der Waals surface area contributed by atoms with Gasteiger partial charge in [-0.1, -0.05) is 156 Å². The highest BCUT2D eigenvalue weighted by Crippen LogP contribution is 2.44. The lowest BCUT2D eigenvalue weighted by Gasteiger charge is -2.42. The van der Waals surface area contributed by atoms with Crippen LogP contribution in [0.3, 0.4) is 0 Å². The maximum atomic E-state index is 14.5. The number of hydrogen-bond donors (Lipinski definition) is 2. The van der Waals surface area contributed by atoms with E-state index in [1.807, 2.05) is 19.0 Å². The second-order valence-electron chi connectivity index (χ2n) is 20.4. The number of nitrogens with zero attached hydrogens (tertiary/aromatic N) is 1. The first-order valence-electron chi connectivity index (χ1n) is 28.6. The van der Waals surface area contributed by atoms with Crippen molar-refractivity contribution in [3.63, 3.8) is 0 Å². The van der Waals surface area contributed by atoms with Crippen molar-refractivity contribution in [2.45, 2.75) is 259 Å². The summed E-state index contributed by atoms with van der Waals surface area (Å²) in [5.74, 6) is -7.61. The van der Waals surface area contributed by atoms with Gasteiger partial charge >= 0.3 is 41.8 Å². The lowest BCUT2D eigenvalue weighted by atomic mass is 9.63. The van der Waals surface area contributed by atoms with E-state index in [0.29, 0.717) is 38.6 Å². The maximum Gasteiger partial charge on any atom is 0.310 e. The molecule has 0 aromatic rings. The fourth-order valence-electron chi connectivity index (χ4n) is 9.08. The van der Waals surface area contributed by atoms with E-state index in [-0.39, 0.29) is 64.2 Å². The fourth-order valence-corrected chi connectivity index (χ4v) is 9.08. The Morgan fingerprint density at radius 3 is 1.03 bits per heavy atom. The van der Waals surface area contributed by atoms with Crippen LogP contribution < -0.4 is 0 Å². The minimum Gasteiger partial charge on any atom is -0.481 e. The van der Waals surface area contributed by atoms with Crippen LogP contribution in [-0.4, -0.2) is 110 Å². The van der Waals surface area contributed by atoms with Crippen molar-refractivity contribution in [1.82, 2.24) is 4.90 Å². The van der Waals surface area contributed by atoms with E-state index in [9.17, 15) is 43.8 Å². The summed E-state index contributed by atoms with van der Waals surface area (Å²) in [6, 6.07) is 0. The van der Waals surface area contributed by atoms with Crippen LogP contribution in [0.2, 0.25) is 0 Å². The molecular formula is C57H103NO14. The van der Waals surface area contributed by atoms with E-state index in [0.717, 1.165) is 128 Å². The van der Waals surface area contributed by atoms with Crippen molar-refractivity contribution in [1.29, 1.82) is 0 Å². The molecule has 72 heavy (non-hydrogen) atoms. The number of carbonyl (C=O) groups excluding carboxylic acids is 5. The van der Waals surface area contributed by atoms with Gasteiger partial charge in [0.1, 0.15) is 6.10 Å². The van der Waals surface area contributed by atoms with Crippen LogP contribution in [0.25, 0.3) is 0 Å². The topological polar surface area (TPSA) is 209 Å². The molecule has 0 bridgehead atoms. The molecule has 0 heterocycles. The van der Waals surface area contributed by atoms with Crippen molar-refractivity contribution < 1.29 is 67.5 Å². The van der Waals surface area contributed by atoms with E-state index in [1.165, 1.54) is 0 Å². The van der Waals surface area contributed by atoms with Crippen LogP contribution >= 0.6 is 0 Å². The normalized spacial score (nSPS) is 12.0. The third-order valence-corrected chi connectivity index (χ3v) is 13.7. The second kappa shape index (κ2) is 45.8. The van der Waals surface area contributed by atoms with E-state index >= 15 is 0 Å². The number of ether oxygens (including phenoxy) is 5. The van der Waals surface area contributed by atoms with Gasteiger partial charge in [0.25, 0.3) is 0 Å². The van der Waals surface area contributed by atoms with Crippen molar-refractivity contribution in [3.05, 3.63) is 0 Å². The molecule has 0 fully saturated rings. The summed E-state index contributed by atoms with van der Waals surface area (Å²) in [7, 11) is 3.77. The Balaban J connectivity index is 7.40. The van der Waals surface area contributed by atoms with Crippen LogP contribution in [0, 0.1) is 17.3 Å². The zero-order valence-electron chi connectivity index (χ0n) is 46.3. The molecule has 0 rings (SSSR count). The predicted octanol–water partition coefficient (Wildman–Crippen LogP) is 12.8. The molecule has 1 unspecified atom stereocenters. The number of aliphatic carboxylic acids is 2. The van der Waals surface area contributed by atoms with E-state index in [1.54, 1.807) is 0 Å². The highest BCUT2D eigenvalue weighted by atomic mass is 16.6. The summed E-state index contributed by atoms with van der Waals surface area (Å²) in [4.78, 5) is 95.1. The van der Waals surface area contributed by atoms with Gasteiger partial charge in [-0.25, -0.2) is 0 Å². The number of esters is 5. The monoisotopic (exact) mass is 1030 g/mol. The molecule has 0 saturated heterocycles. The highest BCUT2D eigenvalue weighted by molar-refractivity contribution is 5.77. The van der Waals surface area contributed by atoms with Crippen LogP contribution in [0.5, 0.6) is 0 Å². The summed E-state index contributed by atoms with van der Waals surface area (Å²) in [5, 5.41) is 21.3. The molecular weight excluding hydrogens is 923 g/mol. The van der Waals surface area contributed by atoms with Gasteiger partial charge in [0.15, 0.2) is 0 Å². The van der Waals surface area contributed by atoms with E-state index < -0.39 is 91.6 Å². The standard InChI is InChI=1S/C57H103NO14/c1-7-11-15-19-23-27-35-51(61)68-43-47(44-69-52(62)36-28-24-20-16-12-8-2)57(56(66)67,41-40-49(33-31-34-50(59)60)72-55(65)39-32-42-58(5)6)48(45-70-53(63)37-29-25-21-17-13-9-3)46-71-54(64)38-30-26-22-18-14-10-4/h47-49H,7-46H2,1-6H3,(H,59,60)(H,66,67). The Morgan fingerprint density at radius 1 is 0.403 bits per heavy atom. The molecule has 0 aliphatic rings. The third kappa shape index (κ3) is 36.2. The highest BCUT2D eigenvalue weighted by Gasteiger charge is 2.54. The molecule has 0 aliphatic heterocycles. The minimum atomic E-state index is -2.07. The molecule has 0 aromatic carbocycles. The van der Waals surface area contributed by atoms with E-state index in [4.69, 9.17) is 23.7 Å². The van der Waals surface area contributed by atoms with Gasteiger partial charge < -0.3 is 38.8 Å². The summed E-state index contributed by atoms with van der Waals surface area (Å²) in [6.07, 6.45) is 22.1. The Labute approximate surface area is 435 Å². The summed E-state index contributed by atoms with van der Waals surface area (Å²) in [5.41, 5.74) is -2.07. The number of carboxylic acids is 2. The molecule has 0 amide bonds. The lowest BCUT2D eigenvalue weighted by Crippen LogP contribution is -2.52. The van der Waals surface area contributed by atoms with Crippen LogP contribution in [0.15, 0.2) is 0 Å². The molecule has 15 nitrogen and oxygen atoms in total.